The molecule has 0 radical (unpaired) electrons. The third kappa shape index (κ3) is 2.95. The van der Waals surface area contributed by atoms with Crippen LogP contribution in [0.4, 0.5) is 10.2 Å². The van der Waals surface area contributed by atoms with Crippen LogP contribution in [0.25, 0.3) is 33.9 Å². The second-order valence-electron chi connectivity index (χ2n) is 6.72. The Morgan fingerprint density at radius 1 is 0.933 bits per heavy atom. The Hall–Kier alpha value is -3.86. The average Bonchev–Trinajstić information content (AvgIpc) is 3.26. The van der Waals surface area contributed by atoms with E-state index in [9.17, 15) is 12.8 Å². The maximum atomic E-state index is 13.5. The van der Waals surface area contributed by atoms with Crippen LogP contribution >= 0.6 is 0 Å². The van der Waals surface area contributed by atoms with Crippen molar-refractivity contribution >= 4 is 26.9 Å². The lowest BCUT2D eigenvalue weighted by Gasteiger charge is -2.06. The summed E-state index contributed by atoms with van der Waals surface area (Å²) >= 11 is 0. The van der Waals surface area contributed by atoms with E-state index in [1.807, 2.05) is 0 Å². The van der Waals surface area contributed by atoms with Crippen LogP contribution in [0.1, 0.15) is 0 Å². The van der Waals surface area contributed by atoms with E-state index >= 15 is 0 Å². The van der Waals surface area contributed by atoms with Gasteiger partial charge in [0, 0.05) is 11.8 Å². The van der Waals surface area contributed by atoms with E-state index in [-0.39, 0.29) is 10.8 Å². The number of nitrogens with zero attached hydrogens (tertiary/aromatic N) is 6. The van der Waals surface area contributed by atoms with Crippen LogP contribution in [0.3, 0.4) is 0 Å². The molecular formula is C19H14FN7O2S. The molecule has 11 heteroatoms. The minimum absolute atomic E-state index is 0.104. The molecule has 1 aromatic carbocycles. The Labute approximate surface area is 169 Å². The highest BCUT2D eigenvalue weighted by atomic mass is 32.2. The van der Waals surface area contributed by atoms with E-state index in [0.717, 1.165) is 6.26 Å². The number of fused-ring (bicyclic) bond motifs is 2. The molecule has 0 saturated heterocycles. The molecule has 0 fully saturated rings. The van der Waals surface area contributed by atoms with Crippen molar-refractivity contribution in [3.8, 4) is 22.6 Å². The molecular weight excluding hydrogens is 409 g/mol. The molecule has 9 nitrogen and oxygen atoms in total. The van der Waals surface area contributed by atoms with Crippen molar-refractivity contribution in [1.29, 1.82) is 0 Å². The van der Waals surface area contributed by atoms with Gasteiger partial charge in [-0.3, -0.25) is 0 Å². The quantitative estimate of drug-likeness (QED) is 0.472. The SMILES string of the molecule is CS(=O)(=O)c1ccc2nc(-c3ccc(F)cc3)c(-c3ccc4nc(N)cn4n3)n2n1. The number of anilines is 1. The van der Waals surface area contributed by atoms with Crippen LogP contribution in [-0.4, -0.2) is 43.9 Å². The predicted octanol–water partition coefficient (Wildman–Crippen LogP) is 2.23. The number of aromatic nitrogens is 6. The van der Waals surface area contributed by atoms with E-state index in [2.05, 4.69) is 20.2 Å². The number of nitrogen functional groups attached to an aromatic ring is 1. The summed E-state index contributed by atoms with van der Waals surface area (Å²) in [7, 11) is -3.55. The average molecular weight is 423 g/mol. The zero-order chi connectivity index (χ0) is 21.0. The summed E-state index contributed by atoms with van der Waals surface area (Å²) in [5.41, 5.74) is 8.75. The first-order valence-electron chi connectivity index (χ1n) is 8.78. The number of sulfone groups is 1. The zero-order valence-electron chi connectivity index (χ0n) is 15.6. The molecule has 0 saturated carbocycles. The maximum absolute atomic E-state index is 13.5. The lowest BCUT2D eigenvalue weighted by Crippen LogP contribution is -2.06. The third-order valence-corrected chi connectivity index (χ3v) is 5.51. The van der Waals surface area contributed by atoms with Crippen LogP contribution in [0, 0.1) is 5.82 Å². The number of imidazole rings is 2. The molecule has 0 amide bonds. The molecule has 0 unspecified atom stereocenters. The van der Waals surface area contributed by atoms with E-state index in [0.29, 0.717) is 39.8 Å². The minimum atomic E-state index is -3.55. The maximum Gasteiger partial charge on any atom is 0.194 e. The van der Waals surface area contributed by atoms with Crippen molar-refractivity contribution in [1.82, 2.24) is 29.2 Å². The number of halogens is 1. The van der Waals surface area contributed by atoms with Crippen LogP contribution < -0.4 is 5.73 Å². The number of nitrogens with two attached hydrogens (primary N) is 1. The summed E-state index contributed by atoms with van der Waals surface area (Å²) in [5.74, 6) is -0.0657. The smallest absolute Gasteiger partial charge is 0.194 e. The monoisotopic (exact) mass is 423 g/mol. The summed E-state index contributed by atoms with van der Waals surface area (Å²) in [6.45, 7) is 0. The van der Waals surface area contributed by atoms with Gasteiger partial charge in [0.1, 0.15) is 28.7 Å². The lowest BCUT2D eigenvalue weighted by molar-refractivity contribution is 0.595. The topological polar surface area (TPSA) is 121 Å². The molecule has 0 aliphatic carbocycles. The minimum Gasteiger partial charge on any atom is -0.382 e. The number of hydrogen-bond acceptors (Lipinski definition) is 7. The predicted molar refractivity (Wildman–Crippen MR) is 108 cm³/mol. The largest absolute Gasteiger partial charge is 0.382 e. The fourth-order valence-corrected chi connectivity index (χ4v) is 3.73. The molecule has 0 aliphatic rings. The number of hydrogen-bond donors (Lipinski definition) is 1. The highest BCUT2D eigenvalue weighted by Gasteiger charge is 2.21. The zero-order valence-corrected chi connectivity index (χ0v) is 16.4. The van der Waals surface area contributed by atoms with Crippen molar-refractivity contribution in [2.45, 2.75) is 5.03 Å². The molecule has 0 spiro atoms. The van der Waals surface area contributed by atoms with Crippen LogP contribution in [0.5, 0.6) is 0 Å². The van der Waals surface area contributed by atoms with Crippen molar-refractivity contribution in [3.63, 3.8) is 0 Å². The Morgan fingerprint density at radius 3 is 2.40 bits per heavy atom. The second-order valence-corrected chi connectivity index (χ2v) is 8.68. The second kappa shape index (κ2) is 6.32. The summed E-state index contributed by atoms with van der Waals surface area (Å²) < 4.78 is 40.5. The van der Waals surface area contributed by atoms with Crippen molar-refractivity contribution < 1.29 is 12.8 Å². The van der Waals surface area contributed by atoms with Crippen LogP contribution in [0.15, 0.2) is 59.8 Å². The van der Waals surface area contributed by atoms with Gasteiger partial charge < -0.3 is 5.73 Å². The van der Waals surface area contributed by atoms with Crippen LogP contribution in [-0.2, 0) is 9.84 Å². The summed E-state index contributed by atoms with van der Waals surface area (Å²) in [5, 5.41) is 8.70. The Morgan fingerprint density at radius 2 is 1.67 bits per heavy atom. The molecule has 2 N–H and O–H groups in total. The molecule has 5 rings (SSSR count). The van der Waals surface area contributed by atoms with E-state index in [1.54, 1.807) is 36.5 Å². The van der Waals surface area contributed by atoms with Gasteiger partial charge in [-0.05, 0) is 48.5 Å². The van der Waals surface area contributed by atoms with E-state index in [4.69, 9.17) is 5.73 Å². The van der Waals surface area contributed by atoms with Crippen molar-refractivity contribution in [2.75, 3.05) is 12.0 Å². The van der Waals surface area contributed by atoms with Gasteiger partial charge in [-0.1, -0.05) is 0 Å². The lowest BCUT2D eigenvalue weighted by atomic mass is 10.1. The van der Waals surface area contributed by atoms with Crippen LogP contribution in [0.2, 0.25) is 0 Å². The summed E-state index contributed by atoms with van der Waals surface area (Å²) in [4.78, 5) is 8.74. The van der Waals surface area contributed by atoms with Gasteiger partial charge in [0.05, 0.1) is 6.20 Å². The normalized spacial score (nSPS) is 12.1. The molecule has 0 atom stereocenters. The van der Waals surface area contributed by atoms with E-state index < -0.39 is 9.84 Å². The van der Waals surface area contributed by atoms with Crippen molar-refractivity contribution in [2.24, 2.45) is 0 Å². The first-order valence-corrected chi connectivity index (χ1v) is 10.7. The third-order valence-electron chi connectivity index (χ3n) is 4.53. The first-order chi connectivity index (χ1) is 14.3. The standard InChI is InChI=1S/C19H14FN7O2S/c1-30(28,29)17-9-8-16-23-18(11-2-4-12(20)5-3-11)19(27(16)25-17)13-6-7-15-22-14(21)10-26(15)24-13/h2-10H,21H2,1H3. The molecule has 0 aliphatic heterocycles. The fourth-order valence-electron chi connectivity index (χ4n) is 3.18. The molecule has 150 valence electrons. The van der Waals surface area contributed by atoms with Gasteiger partial charge >= 0.3 is 0 Å². The number of benzene rings is 1. The molecule has 0 bridgehead atoms. The van der Waals surface area contributed by atoms with Crippen molar-refractivity contribution in [3.05, 3.63) is 60.5 Å². The van der Waals surface area contributed by atoms with Gasteiger partial charge in [0.15, 0.2) is 26.2 Å². The van der Waals surface area contributed by atoms with Gasteiger partial charge in [0.25, 0.3) is 0 Å². The first kappa shape index (κ1) is 18.2. The van der Waals surface area contributed by atoms with Gasteiger partial charge in [-0.25, -0.2) is 31.8 Å². The van der Waals surface area contributed by atoms with Gasteiger partial charge in [0.2, 0.25) is 0 Å². The summed E-state index contributed by atoms with van der Waals surface area (Å²) in [6, 6.07) is 12.2. The Balaban J connectivity index is 1.85. The molecule has 5 aromatic rings. The Bertz CT molecular complexity index is 1540. The van der Waals surface area contributed by atoms with Gasteiger partial charge in [-0.2, -0.15) is 10.2 Å². The van der Waals surface area contributed by atoms with Gasteiger partial charge in [-0.15, -0.1) is 0 Å². The van der Waals surface area contributed by atoms with E-state index in [1.165, 1.54) is 27.2 Å². The molecule has 30 heavy (non-hydrogen) atoms. The summed E-state index contributed by atoms with van der Waals surface area (Å²) in [6.07, 6.45) is 2.65. The Kier molecular flexibility index (Phi) is 3.83. The molecule has 4 heterocycles. The molecule has 4 aromatic heterocycles. The fraction of sp³-hybridized carbons (Fsp3) is 0.0526. The number of rotatable bonds is 3. The highest BCUT2D eigenvalue weighted by molar-refractivity contribution is 7.90. The highest BCUT2D eigenvalue weighted by Crippen LogP contribution is 2.32.